The summed E-state index contributed by atoms with van der Waals surface area (Å²) < 4.78 is 10.1. The van der Waals surface area contributed by atoms with Gasteiger partial charge in [-0.25, -0.2) is 0 Å². The Balaban J connectivity index is 4.39. The van der Waals surface area contributed by atoms with E-state index in [4.69, 9.17) is 24.5 Å². The van der Waals surface area contributed by atoms with Crippen molar-refractivity contribution >= 4 is 15.5 Å². The van der Waals surface area contributed by atoms with Crippen LogP contribution in [0.25, 0.3) is 0 Å². The van der Waals surface area contributed by atoms with E-state index in [9.17, 15) is 4.57 Å². The predicted molar refractivity (Wildman–Crippen MR) is 35.0 cm³/mol. The molecule has 0 aromatic heterocycles. The van der Waals surface area contributed by atoms with Crippen LogP contribution in [-0.2, 0) is 4.57 Å². The van der Waals surface area contributed by atoms with Crippen LogP contribution in [0.3, 0.4) is 0 Å². The molecule has 0 aliphatic heterocycles. The first-order valence-corrected chi connectivity index (χ1v) is 5.73. The Morgan fingerprint density at radius 2 is 1.60 bits per heavy atom. The summed E-state index contributed by atoms with van der Waals surface area (Å²) in [5, 5.41) is 0. The van der Waals surface area contributed by atoms with Gasteiger partial charge in [0.05, 0.1) is 0 Å². The Morgan fingerprint density at radius 1 is 1.30 bits per heavy atom. The van der Waals surface area contributed by atoms with E-state index in [-0.39, 0.29) is 0 Å². The Kier molecular flexibility index (Phi) is 2.93. The molecule has 0 amide bonds. The summed E-state index contributed by atoms with van der Waals surface area (Å²) in [7, 11) is -9.67. The zero-order valence-electron chi connectivity index (χ0n) is 4.75. The van der Waals surface area contributed by atoms with Crippen molar-refractivity contribution in [2.45, 2.75) is 5.52 Å². The van der Waals surface area contributed by atoms with Crippen molar-refractivity contribution in [2.75, 3.05) is 0 Å². The monoisotopic (exact) mass is 193 g/mol. The minimum atomic E-state index is -4.88. The molecule has 7 nitrogen and oxygen atoms in total. The van der Waals surface area contributed by atoms with Gasteiger partial charge in [0.25, 0.3) is 0 Å². The van der Waals surface area contributed by atoms with Crippen molar-refractivity contribution in [3.05, 3.63) is 0 Å². The molecular formula is CH9NO6P2. The van der Waals surface area contributed by atoms with Crippen LogP contribution in [0, 0.1) is 0 Å². The third-order valence-electron chi connectivity index (χ3n) is 0.759. The summed E-state index contributed by atoms with van der Waals surface area (Å²) in [4.78, 5) is 41.1. The first kappa shape index (κ1) is 10.4. The molecule has 0 spiro atoms. The molecule has 0 saturated carbocycles. The van der Waals surface area contributed by atoms with Gasteiger partial charge in [0, 0.05) is 0 Å². The quantitative estimate of drug-likeness (QED) is 0.275. The van der Waals surface area contributed by atoms with E-state index in [0.29, 0.717) is 0 Å². The molecule has 1 unspecified atom stereocenters. The summed E-state index contributed by atoms with van der Waals surface area (Å²) >= 11 is 0. The van der Waals surface area contributed by atoms with Crippen molar-refractivity contribution in [1.82, 2.24) is 0 Å². The Hall–Kier alpha value is 0.420. The fourth-order valence-corrected chi connectivity index (χ4v) is 2.03. The Morgan fingerprint density at radius 3 is 1.60 bits per heavy atom. The molecule has 0 aromatic carbocycles. The SMILES string of the molecule is NC(P(=O)(O)O)[PH](O)(O)O. The van der Waals surface area contributed by atoms with Gasteiger partial charge in [-0.1, -0.05) is 0 Å². The molecule has 0 fully saturated rings. The van der Waals surface area contributed by atoms with Crippen molar-refractivity contribution in [3.8, 4) is 0 Å². The summed E-state index contributed by atoms with van der Waals surface area (Å²) in [5.74, 6) is 0. The fraction of sp³-hybridized carbons (Fsp3) is 1.00. The van der Waals surface area contributed by atoms with E-state index < -0.39 is 21.1 Å². The first-order valence-electron chi connectivity index (χ1n) is 2.13. The van der Waals surface area contributed by atoms with Gasteiger partial charge in [0.15, 0.2) is 0 Å². The normalized spacial score (nSPS) is 18.6. The number of nitrogens with two attached hydrogens (primary N) is 1. The van der Waals surface area contributed by atoms with Gasteiger partial charge in [-0.2, -0.15) is 0 Å². The van der Waals surface area contributed by atoms with E-state index in [2.05, 4.69) is 5.73 Å². The van der Waals surface area contributed by atoms with Gasteiger partial charge in [-0.05, 0) is 0 Å². The third-order valence-corrected chi connectivity index (χ3v) is 4.33. The van der Waals surface area contributed by atoms with Crippen LogP contribution < -0.4 is 5.73 Å². The molecule has 1 atom stereocenters. The maximum atomic E-state index is 10.1. The number of rotatable bonds is 2. The molecule has 10 heavy (non-hydrogen) atoms. The molecular weight excluding hydrogens is 184 g/mol. The number of hydrogen-bond donors (Lipinski definition) is 6. The van der Waals surface area contributed by atoms with E-state index >= 15 is 0 Å². The van der Waals surface area contributed by atoms with Crippen molar-refractivity contribution in [1.29, 1.82) is 0 Å². The predicted octanol–water partition coefficient (Wildman–Crippen LogP) is -2.12. The molecule has 0 heterocycles. The topological polar surface area (TPSA) is 144 Å². The standard InChI is InChI=1S/CH9NO6P2/c2-1(9(3,4)5)10(6,7)8/h1,3-5,9H,2H2,(H2,6,7,8). The second-order valence-corrected chi connectivity index (χ2v) is 5.94. The molecule has 7 N–H and O–H groups in total. The summed E-state index contributed by atoms with van der Waals surface area (Å²) in [6.07, 6.45) is 0. The van der Waals surface area contributed by atoms with Crippen molar-refractivity contribution in [3.63, 3.8) is 0 Å². The Bertz CT molecular complexity index is 156. The van der Waals surface area contributed by atoms with Gasteiger partial charge in [-0.3, -0.25) is 0 Å². The van der Waals surface area contributed by atoms with Crippen molar-refractivity contribution in [2.24, 2.45) is 5.73 Å². The van der Waals surface area contributed by atoms with Crippen LogP contribution in [0.1, 0.15) is 0 Å². The van der Waals surface area contributed by atoms with Gasteiger partial charge in [0.2, 0.25) is 0 Å². The fourth-order valence-electron chi connectivity index (χ4n) is 0.226. The van der Waals surface area contributed by atoms with Crippen LogP contribution in [0.2, 0.25) is 0 Å². The molecule has 0 saturated heterocycles. The summed E-state index contributed by atoms with van der Waals surface area (Å²) in [5.41, 5.74) is 2.31. The van der Waals surface area contributed by atoms with Gasteiger partial charge < -0.3 is 0 Å². The van der Waals surface area contributed by atoms with Crippen LogP contribution in [0.15, 0.2) is 0 Å². The van der Waals surface area contributed by atoms with Crippen LogP contribution in [0.5, 0.6) is 0 Å². The van der Waals surface area contributed by atoms with Gasteiger partial charge >= 0.3 is 55.8 Å². The molecule has 0 rings (SSSR count). The van der Waals surface area contributed by atoms with Crippen LogP contribution >= 0.6 is 15.5 Å². The molecule has 0 aliphatic rings. The zero-order chi connectivity index (χ0) is 8.58. The first-order chi connectivity index (χ1) is 4.15. The Labute approximate surface area is 56.9 Å². The third kappa shape index (κ3) is 3.01. The average molecular weight is 193 g/mol. The second-order valence-electron chi connectivity index (χ2n) is 1.72. The molecule has 0 aliphatic carbocycles. The molecule has 9 heteroatoms. The second kappa shape index (κ2) is 2.81. The minimum absolute atomic E-state index is 2.26. The molecule has 64 valence electrons. The van der Waals surface area contributed by atoms with E-state index in [1.807, 2.05) is 0 Å². The number of hydrogen-bond acceptors (Lipinski definition) is 5. The van der Waals surface area contributed by atoms with E-state index in [1.54, 1.807) is 0 Å². The molecule has 0 bridgehead atoms. The molecule has 0 radical (unpaired) electrons. The summed E-state index contributed by atoms with van der Waals surface area (Å²) in [6, 6.07) is 0. The van der Waals surface area contributed by atoms with Gasteiger partial charge in [-0.15, -0.1) is 0 Å². The average Bonchev–Trinajstić information content (AvgIpc) is 1.59. The summed E-state index contributed by atoms with van der Waals surface area (Å²) in [6.45, 7) is 0. The van der Waals surface area contributed by atoms with E-state index in [0.717, 1.165) is 0 Å². The zero-order valence-corrected chi connectivity index (χ0v) is 6.64. The van der Waals surface area contributed by atoms with Crippen molar-refractivity contribution < 1.29 is 29.0 Å². The van der Waals surface area contributed by atoms with Crippen LogP contribution in [-0.4, -0.2) is 30.0 Å². The van der Waals surface area contributed by atoms with E-state index in [1.165, 1.54) is 0 Å². The van der Waals surface area contributed by atoms with Crippen LogP contribution in [0.4, 0.5) is 0 Å². The maximum absolute atomic E-state index is 10.1. The molecule has 0 aromatic rings. The van der Waals surface area contributed by atoms with Gasteiger partial charge in [0.1, 0.15) is 0 Å².